The molecular weight excluding hydrogens is 342 g/mol. The fraction of sp³-hybridized carbons (Fsp3) is 0.571. The van der Waals surface area contributed by atoms with Crippen LogP contribution in [0.4, 0.5) is 0 Å². The van der Waals surface area contributed by atoms with Crippen LogP contribution >= 0.6 is 0 Å². The number of nitrogens with zero attached hydrogens (tertiary/aromatic N) is 1. The van der Waals surface area contributed by atoms with Crippen LogP contribution < -0.4 is 10.6 Å². The average molecular weight is 371 g/mol. The molecule has 0 spiro atoms. The Morgan fingerprint density at radius 2 is 1.81 bits per heavy atom. The van der Waals surface area contributed by atoms with E-state index in [9.17, 15) is 14.4 Å². The maximum absolute atomic E-state index is 12.8. The van der Waals surface area contributed by atoms with Crippen LogP contribution in [0.3, 0.4) is 0 Å². The predicted molar refractivity (Wildman–Crippen MR) is 103 cm³/mol. The van der Waals surface area contributed by atoms with E-state index in [-0.39, 0.29) is 48.1 Å². The van der Waals surface area contributed by atoms with Crippen LogP contribution in [0, 0.1) is 11.8 Å². The lowest BCUT2D eigenvalue weighted by Gasteiger charge is -2.31. The Morgan fingerprint density at radius 1 is 1.11 bits per heavy atom. The van der Waals surface area contributed by atoms with Gasteiger partial charge >= 0.3 is 0 Å². The van der Waals surface area contributed by atoms with Gasteiger partial charge in [-0.3, -0.25) is 14.4 Å². The van der Waals surface area contributed by atoms with Gasteiger partial charge in [0.15, 0.2) is 0 Å². The van der Waals surface area contributed by atoms with Crippen LogP contribution in [0.1, 0.15) is 50.6 Å². The minimum absolute atomic E-state index is 0.0120. The van der Waals surface area contributed by atoms with E-state index in [4.69, 9.17) is 0 Å². The Morgan fingerprint density at radius 3 is 2.52 bits per heavy atom. The average Bonchev–Trinajstić information content (AvgIpc) is 3.09. The van der Waals surface area contributed by atoms with Crippen LogP contribution in [0.15, 0.2) is 30.3 Å². The Balaban J connectivity index is 1.62. The zero-order valence-electron chi connectivity index (χ0n) is 16.1. The van der Waals surface area contributed by atoms with Crippen LogP contribution in [0.2, 0.25) is 0 Å². The number of benzene rings is 1. The molecule has 0 aromatic heterocycles. The van der Waals surface area contributed by atoms with E-state index in [0.717, 1.165) is 31.2 Å². The largest absolute Gasteiger partial charge is 0.359 e. The Hall–Kier alpha value is -2.37. The maximum atomic E-state index is 12.8. The van der Waals surface area contributed by atoms with Gasteiger partial charge in [0.25, 0.3) is 0 Å². The summed E-state index contributed by atoms with van der Waals surface area (Å²) in [6.07, 6.45) is 3.87. The highest BCUT2D eigenvalue weighted by molar-refractivity contribution is 5.90. The summed E-state index contributed by atoms with van der Waals surface area (Å²) in [4.78, 5) is 39.2. The van der Waals surface area contributed by atoms with Crippen molar-refractivity contribution in [1.82, 2.24) is 15.5 Å². The minimum Gasteiger partial charge on any atom is -0.359 e. The molecule has 146 valence electrons. The normalized spacial score (nSPS) is 26.5. The van der Waals surface area contributed by atoms with Crippen molar-refractivity contribution < 1.29 is 14.4 Å². The van der Waals surface area contributed by atoms with Crippen molar-refractivity contribution in [2.45, 2.75) is 51.1 Å². The van der Waals surface area contributed by atoms with Gasteiger partial charge in [-0.15, -0.1) is 0 Å². The molecule has 1 aromatic carbocycles. The van der Waals surface area contributed by atoms with Crippen molar-refractivity contribution in [3.05, 3.63) is 35.9 Å². The van der Waals surface area contributed by atoms with E-state index < -0.39 is 0 Å². The van der Waals surface area contributed by atoms with Gasteiger partial charge in [-0.25, -0.2) is 0 Å². The van der Waals surface area contributed by atoms with Crippen LogP contribution in [-0.2, 0) is 14.4 Å². The number of likely N-dealkylation sites (tertiary alicyclic amines) is 1. The van der Waals surface area contributed by atoms with E-state index in [1.807, 2.05) is 37.3 Å². The summed E-state index contributed by atoms with van der Waals surface area (Å²) < 4.78 is 0. The first kappa shape index (κ1) is 19.4. The highest BCUT2D eigenvalue weighted by atomic mass is 16.2. The molecular formula is C21H29N3O3. The summed E-state index contributed by atoms with van der Waals surface area (Å²) in [6.45, 7) is 2.42. The lowest BCUT2D eigenvalue weighted by Crippen LogP contribution is -2.49. The van der Waals surface area contributed by atoms with Crippen molar-refractivity contribution in [3.63, 3.8) is 0 Å². The smallest absolute Gasteiger partial charge is 0.225 e. The molecule has 1 heterocycles. The summed E-state index contributed by atoms with van der Waals surface area (Å²) in [5.41, 5.74) is 1.07. The van der Waals surface area contributed by atoms with Crippen molar-refractivity contribution in [2.24, 2.45) is 11.8 Å². The quantitative estimate of drug-likeness (QED) is 0.831. The van der Waals surface area contributed by atoms with Crippen LogP contribution in [-0.4, -0.2) is 42.3 Å². The third-order valence-electron chi connectivity index (χ3n) is 5.96. The number of carbonyl (C=O) groups is 3. The van der Waals surface area contributed by atoms with E-state index >= 15 is 0 Å². The van der Waals surface area contributed by atoms with E-state index in [0.29, 0.717) is 6.54 Å². The number of hydrogen-bond acceptors (Lipinski definition) is 3. The van der Waals surface area contributed by atoms with Gasteiger partial charge in [-0.1, -0.05) is 43.2 Å². The molecule has 0 radical (unpaired) electrons. The third kappa shape index (κ3) is 4.31. The van der Waals surface area contributed by atoms with Gasteiger partial charge in [-0.05, 0) is 25.3 Å². The number of amides is 3. The Labute approximate surface area is 160 Å². The Kier molecular flexibility index (Phi) is 6.14. The second-order valence-corrected chi connectivity index (χ2v) is 7.65. The molecule has 4 unspecified atom stereocenters. The molecule has 27 heavy (non-hydrogen) atoms. The van der Waals surface area contributed by atoms with Gasteiger partial charge in [0, 0.05) is 26.1 Å². The zero-order valence-corrected chi connectivity index (χ0v) is 16.1. The molecule has 1 aliphatic heterocycles. The molecule has 2 fully saturated rings. The van der Waals surface area contributed by atoms with Crippen molar-refractivity contribution in [2.75, 3.05) is 13.6 Å². The molecule has 2 aliphatic rings. The summed E-state index contributed by atoms with van der Waals surface area (Å²) in [7, 11) is 1.63. The Bertz CT molecular complexity index is 691. The predicted octanol–water partition coefficient (Wildman–Crippen LogP) is 2.02. The molecule has 0 bridgehead atoms. The van der Waals surface area contributed by atoms with Crippen LogP contribution in [0.5, 0.6) is 0 Å². The zero-order chi connectivity index (χ0) is 19.4. The highest BCUT2D eigenvalue weighted by Gasteiger charge is 2.39. The molecule has 6 nitrogen and oxygen atoms in total. The standard InChI is InChI=1S/C21H29N3O3/c1-14(15-8-4-3-5-9-15)24-13-16(12-19(24)25)20(26)23-18-11-7-6-10-17(18)21(27)22-2/h3-5,8-9,14,16-18H,6-7,10-13H2,1-2H3,(H,22,27)(H,23,26). The molecule has 3 rings (SSSR count). The summed E-state index contributed by atoms with van der Waals surface area (Å²) in [5, 5.41) is 5.77. The molecule has 1 aliphatic carbocycles. The van der Waals surface area contributed by atoms with Crippen molar-refractivity contribution in [3.8, 4) is 0 Å². The summed E-state index contributed by atoms with van der Waals surface area (Å²) >= 11 is 0. The first-order valence-electron chi connectivity index (χ1n) is 9.87. The number of carbonyl (C=O) groups excluding carboxylic acids is 3. The molecule has 4 atom stereocenters. The fourth-order valence-electron chi connectivity index (χ4n) is 4.30. The molecule has 1 saturated carbocycles. The second kappa shape index (κ2) is 8.55. The highest BCUT2D eigenvalue weighted by Crippen LogP contribution is 2.30. The minimum atomic E-state index is -0.351. The SMILES string of the molecule is CNC(=O)C1CCCCC1NC(=O)C1CC(=O)N(C(C)c2ccccc2)C1. The van der Waals surface area contributed by atoms with E-state index in [2.05, 4.69) is 10.6 Å². The topological polar surface area (TPSA) is 78.5 Å². The van der Waals surface area contributed by atoms with Gasteiger partial charge in [0.05, 0.1) is 17.9 Å². The first-order valence-corrected chi connectivity index (χ1v) is 9.87. The monoisotopic (exact) mass is 371 g/mol. The van der Waals surface area contributed by atoms with Gasteiger partial charge in [-0.2, -0.15) is 0 Å². The first-order chi connectivity index (χ1) is 13.0. The molecule has 3 amide bonds. The van der Waals surface area contributed by atoms with Gasteiger partial charge in [0.2, 0.25) is 17.7 Å². The number of rotatable bonds is 5. The van der Waals surface area contributed by atoms with E-state index in [1.165, 1.54) is 0 Å². The molecule has 6 heteroatoms. The van der Waals surface area contributed by atoms with Crippen LogP contribution in [0.25, 0.3) is 0 Å². The fourth-order valence-corrected chi connectivity index (χ4v) is 4.30. The second-order valence-electron chi connectivity index (χ2n) is 7.65. The molecule has 1 saturated heterocycles. The molecule has 1 aromatic rings. The summed E-state index contributed by atoms with van der Waals surface area (Å²) in [5.74, 6) is -0.633. The third-order valence-corrected chi connectivity index (χ3v) is 5.96. The lowest BCUT2D eigenvalue weighted by molar-refractivity contribution is -0.131. The van der Waals surface area contributed by atoms with E-state index in [1.54, 1.807) is 11.9 Å². The molecule has 2 N–H and O–H groups in total. The number of nitrogens with one attached hydrogen (secondary N) is 2. The summed E-state index contributed by atoms with van der Waals surface area (Å²) in [6, 6.07) is 9.68. The maximum Gasteiger partial charge on any atom is 0.225 e. The lowest BCUT2D eigenvalue weighted by atomic mass is 9.83. The number of hydrogen-bond donors (Lipinski definition) is 2. The van der Waals surface area contributed by atoms with Crippen molar-refractivity contribution in [1.29, 1.82) is 0 Å². The van der Waals surface area contributed by atoms with Gasteiger partial charge in [0.1, 0.15) is 0 Å². The van der Waals surface area contributed by atoms with Crippen molar-refractivity contribution >= 4 is 17.7 Å². The van der Waals surface area contributed by atoms with Gasteiger partial charge < -0.3 is 15.5 Å².